The summed E-state index contributed by atoms with van der Waals surface area (Å²) in [6, 6.07) is 5.24. The second-order valence-corrected chi connectivity index (χ2v) is 8.07. The summed E-state index contributed by atoms with van der Waals surface area (Å²) in [5.41, 5.74) is 6.85. The summed E-state index contributed by atoms with van der Waals surface area (Å²) in [7, 11) is 0. The molecule has 0 radical (unpaired) electrons. The third kappa shape index (κ3) is 9.80. The van der Waals surface area contributed by atoms with Gasteiger partial charge in [-0.3, -0.25) is 14.4 Å². The summed E-state index contributed by atoms with van der Waals surface area (Å²) in [4.78, 5) is 48.8. The molecule has 5 amide bonds. The van der Waals surface area contributed by atoms with Crippen molar-refractivity contribution in [2.45, 2.75) is 71.9 Å². The molecule has 0 saturated heterocycles. The van der Waals surface area contributed by atoms with Crippen LogP contribution in [0.2, 0.25) is 0 Å². The van der Waals surface area contributed by atoms with Gasteiger partial charge in [-0.25, -0.2) is 4.79 Å². The molecule has 0 aliphatic carbocycles. The molecule has 2 atom stereocenters. The third-order valence-electron chi connectivity index (χ3n) is 4.97. The van der Waals surface area contributed by atoms with Crippen LogP contribution in [-0.4, -0.2) is 42.4 Å². The number of anilines is 1. The van der Waals surface area contributed by atoms with Crippen LogP contribution in [0.1, 0.15) is 58.9 Å². The molecule has 178 valence electrons. The van der Waals surface area contributed by atoms with Gasteiger partial charge in [-0.05, 0) is 49.3 Å². The van der Waals surface area contributed by atoms with Crippen LogP contribution in [0.3, 0.4) is 0 Å². The predicted octanol–water partition coefficient (Wildman–Crippen LogP) is 2.06. The molecule has 6 N–H and O–H groups in total. The largest absolute Gasteiger partial charge is 0.352 e. The van der Waals surface area contributed by atoms with E-state index in [4.69, 9.17) is 5.73 Å². The van der Waals surface area contributed by atoms with Crippen molar-refractivity contribution in [1.82, 2.24) is 16.0 Å². The van der Waals surface area contributed by atoms with Crippen molar-refractivity contribution in [3.05, 3.63) is 29.8 Å². The van der Waals surface area contributed by atoms with Crippen molar-refractivity contribution in [2.24, 2.45) is 11.7 Å². The molecular weight excluding hydrogens is 410 g/mol. The van der Waals surface area contributed by atoms with E-state index in [0.29, 0.717) is 31.4 Å². The molecule has 0 spiro atoms. The number of hydrogen-bond donors (Lipinski definition) is 5. The molecule has 0 bridgehead atoms. The maximum atomic E-state index is 12.9. The third-order valence-corrected chi connectivity index (χ3v) is 4.97. The summed E-state index contributed by atoms with van der Waals surface area (Å²) < 4.78 is 0. The molecule has 32 heavy (non-hydrogen) atoms. The Hall–Kier alpha value is -3.10. The zero-order chi connectivity index (χ0) is 24.1. The number of urea groups is 1. The van der Waals surface area contributed by atoms with Gasteiger partial charge in [0.25, 0.3) is 0 Å². The first kappa shape index (κ1) is 26.9. The van der Waals surface area contributed by atoms with E-state index in [0.717, 1.165) is 12.0 Å². The van der Waals surface area contributed by atoms with Crippen LogP contribution in [0.5, 0.6) is 0 Å². The molecule has 0 aliphatic rings. The van der Waals surface area contributed by atoms with E-state index < -0.39 is 24.0 Å². The lowest BCUT2D eigenvalue weighted by Gasteiger charge is -2.25. The fourth-order valence-corrected chi connectivity index (χ4v) is 3.11. The fraction of sp³-hybridized carbons (Fsp3) is 0.565. The minimum atomic E-state index is -0.840. The van der Waals surface area contributed by atoms with Crippen LogP contribution in [0.25, 0.3) is 0 Å². The number of primary amides is 1. The van der Waals surface area contributed by atoms with Crippen molar-refractivity contribution in [3.8, 4) is 0 Å². The Bertz CT molecular complexity index is 764. The topological polar surface area (TPSA) is 142 Å². The molecule has 0 fully saturated rings. The second kappa shape index (κ2) is 14.1. The lowest BCUT2D eigenvalue weighted by atomic mass is 10.0. The maximum Gasteiger partial charge on any atom is 0.312 e. The molecular formula is C23H37N5O4. The Balaban J connectivity index is 2.89. The Morgan fingerprint density at radius 1 is 0.969 bits per heavy atom. The predicted molar refractivity (Wildman–Crippen MR) is 125 cm³/mol. The number of amides is 5. The number of benzene rings is 1. The van der Waals surface area contributed by atoms with Gasteiger partial charge in [0.2, 0.25) is 17.7 Å². The summed E-state index contributed by atoms with van der Waals surface area (Å²) in [6.07, 6.45) is 2.61. The number of carbonyl (C=O) groups is 4. The van der Waals surface area contributed by atoms with Crippen LogP contribution in [0, 0.1) is 5.92 Å². The van der Waals surface area contributed by atoms with Gasteiger partial charge < -0.3 is 27.0 Å². The molecule has 1 aromatic rings. The summed E-state index contributed by atoms with van der Waals surface area (Å²) in [5, 5.41) is 10.8. The first-order chi connectivity index (χ1) is 15.2. The minimum absolute atomic E-state index is 0.155. The van der Waals surface area contributed by atoms with Gasteiger partial charge in [0.15, 0.2) is 0 Å². The van der Waals surface area contributed by atoms with Crippen LogP contribution in [0.4, 0.5) is 10.5 Å². The molecule has 0 saturated carbocycles. The minimum Gasteiger partial charge on any atom is -0.352 e. The molecule has 0 aliphatic heterocycles. The smallest absolute Gasteiger partial charge is 0.312 e. The molecule has 0 unspecified atom stereocenters. The number of nitrogens with one attached hydrogen (secondary N) is 4. The Morgan fingerprint density at radius 2 is 1.62 bits per heavy atom. The van der Waals surface area contributed by atoms with Gasteiger partial charge in [-0.2, -0.15) is 0 Å². The highest BCUT2D eigenvalue weighted by Gasteiger charge is 2.28. The van der Waals surface area contributed by atoms with Gasteiger partial charge in [0.05, 0.1) is 0 Å². The fourth-order valence-electron chi connectivity index (χ4n) is 3.11. The Morgan fingerprint density at radius 3 is 2.16 bits per heavy atom. The average molecular weight is 448 g/mol. The van der Waals surface area contributed by atoms with Crippen LogP contribution in [0.15, 0.2) is 24.3 Å². The van der Waals surface area contributed by atoms with Crippen molar-refractivity contribution in [1.29, 1.82) is 0 Å². The summed E-state index contributed by atoms with van der Waals surface area (Å²) in [5.74, 6) is -1.15. The van der Waals surface area contributed by atoms with E-state index in [1.165, 1.54) is 0 Å². The monoisotopic (exact) mass is 447 g/mol. The second-order valence-electron chi connectivity index (χ2n) is 8.07. The van der Waals surface area contributed by atoms with Gasteiger partial charge in [0.1, 0.15) is 12.1 Å². The summed E-state index contributed by atoms with van der Waals surface area (Å²) in [6.45, 7) is 7.87. The highest BCUT2D eigenvalue weighted by Crippen LogP contribution is 2.12. The molecule has 1 aromatic carbocycles. The SMILES string of the molecule is CCCC(=O)N[C@H](C(=O)N[C@@H](CCCNC(N)=O)C(=O)Nc1ccc(CC)cc1)C(C)C. The first-order valence-electron chi connectivity index (χ1n) is 11.2. The maximum absolute atomic E-state index is 12.9. The van der Waals surface area contributed by atoms with Crippen LogP contribution < -0.4 is 27.0 Å². The average Bonchev–Trinajstić information content (AvgIpc) is 2.74. The Kier molecular flexibility index (Phi) is 11.8. The standard InChI is InChI=1S/C23H37N5O4/c1-5-8-19(29)28-20(15(3)4)22(31)27-18(9-7-14-25-23(24)32)21(30)26-17-12-10-16(6-2)11-13-17/h10-13,15,18,20H,5-9,14H2,1-4H3,(H,26,30)(H,27,31)(H,28,29)(H3,24,25,32)/t18-,20-/m0/s1. The van der Waals surface area contributed by atoms with Crippen molar-refractivity contribution >= 4 is 29.4 Å². The Labute approximate surface area is 190 Å². The molecule has 0 aromatic heterocycles. The number of carbonyl (C=O) groups excluding carboxylic acids is 4. The molecule has 9 heteroatoms. The van der Waals surface area contributed by atoms with Gasteiger partial charge in [-0.15, -0.1) is 0 Å². The highest BCUT2D eigenvalue weighted by atomic mass is 16.2. The number of aryl methyl sites for hydroxylation is 1. The molecule has 1 rings (SSSR count). The molecule has 0 heterocycles. The van der Waals surface area contributed by atoms with Crippen LogP contribution in [-0.2, 0) is 20.8 Å². The van der Waals surface area contributed by atoms with E-state index in [-0.39, 0.29) is 24.3 Å². The van der Waals surface area contributed by atoms with E-state index in [1.54, 1.807) is 0 Å². The van der Waals surface area contributed by atoms with Gasteiger partial charge >= 0.3 is 6.03 Å². The van der Waals surface area contributed by atoms with Crippen LogP contribution >= 0.6 is 0 Å². The zero-order valence-electron chi connectivity index (χ0n) is 19.5. The number of nitrogens with two attached hydrogens (primary N) is 1. The van der Waals surface area contributed by atoms with Crippen molar-refractivity contribution < 1.29 is 19.2 Å². The van der Waals surface area contributed by atoms with E-state index in [1.807, 2.05) is 52.0 Å². The van der Waals surface area contributed by atoms with Gasteiger partial charge in [0, 0.05) is 18.7 Å². The number of rotatable bonds is 13. The lowest BCUT2D eigenvalue weighted by Crippen LogP contribution is -2.54. The normalized spacial score (nSPS) is 12.5. The molecule has 9 nitrogen and oxygen atoms in total. The summed E-state index contributed by atoms with van der Waals surface area (Å²) >= 11 is 0. The van der Waals surface area contributed by atoms with E-state index in [9.17, 15) is 19.2 Å². The number of hydrogen-bond acceptors (Lipinski definition) is 4. The van der Waals surface area contributed by atoms with E-state index in [2.05, 4.69) is 21.3 Å². The highest BCUT2D eigenvalue weighted by molar-refractivity contribution is 5.98. The van der Waals surface area contributed by atoms with Crippen molar-refractivity contribution in [2.75, 3.05) is 11.9 Å². The lowest BCUT2D eigenvalue weighted by molar-refractivity contribution is -0.132. The first-order valence-corrected chi connectivity index (χ1v) is 11.2. The van der Waals surface area contributed by atoms with E-state index >= 15 is 0 Å². The quantitative estimate of drug-likeness (QED) is 0.295. The van der Waals surface area contributed by atoms with Gasteiger partial charge in [-0.1, -0.05) is 39.8 Å². The van der Waals surface area contributed by atoms with Crippen molar-refractivity contribution in [3.63, 3.8) is 0 Å². The zero-order valence-corrected chi connectivity index (χ0v) is 19.5.